The summed E-state index contributed by atoms with van der Waals surface area (Å²) >= 11 is 0. The van der Waals surface area contributed by atoms with Gasteiger partial charge in [0.05, 0.1) is 11.6 Å². The maximum atomic E-state index is 8.67. The van der Waals surface area contributed by atoms with Crippen molar-refractivity contribution in [3.8, 4) is 11.8 Å². The van der Waals surface area contributed by atoms with Gasteiger partial charge in [0.25, 0.3) is 0 Å². The van der Waals surface area contributed by atoms with Crippen molar-refractivity contribution in [2.24, 2.45) is 0 Å². The second-order valence-corrected chi connectivity index (χ2v) is 3.67. The highest BCUT2D eigenvalue weighted by molar-refractivity contribution is 5.43. The van der Waals surface area contributed by atoms with Crippen molar-refractivity contribution in [1.82, 2.24) is 0 Å². The first-order valence-electron chi connectivity index (χ1n) is 5.25. The molecule has 3 heteroatoms. The maximum absolute atomic E-state index is 8.67. The standard InChI is InChI=1S/C14H12N2O/c15-9-11-4-6-12(7-5-11)10-17-14-3-1-2-13(16)8-14/h1-8H,10,16H2. The molecule has 0 amide bonds. The Hall–Kier alpha value is -2.47. The van der Waals surface area contributed by atoms with Gasteiger partial charge in [0, 0.05) is 11.8 Å². The van der Waals surface area contributed by atoms with E-state index in [0.29, 0.717) is 17.9 Å². The molecule has 0 aliphatic rings. The quantitative estimate of drug-likeness (QED) is 0.815. The van der Waals surface area contributed by atoms with Gasteiger partial charge in [0.15, 0.2) is 0 Å². The zero-order valence-corrected chi connectivity index (χ0v) is 9.26. The lowest BCUT2D eigenvalue weighted by Gasteiger charge is -2.06. The highest BCUT2D eigenvalue weighted by atomic mass is 16.5. The Balaban J connectivity index is 2.00. The molecule has 0 aliphatic carbocycles. The Morgan fingerprint density at radius 3 is 2.53 bits per heavy atom. The summed E-state index contributed by atoms with van der Waals surface area (Å²) in [7, 11) is 0. The molecule has 0 radical (unpaired) electrons. The lowest BCUT2D eigenvalue weighted by Crippen LogP contribution is -1.96. The number of nitrogens with two attached hydrogens (primary N) is 1. The van der Waals surface area contributed by atoms with Gasteiger partial charge in [-0.2, -0.15) is 5.26 Å². The predicted octanol–water partition coefficient (Wildman–Crippen LogP) is 2.72. The van der Waals surface area contributed by atoms with Crippen LogP contribution in [0, 0.1) is 11.3 Å². The molecule has 3 nitrogen and oxygen atoms in total. The van der Waals surface area contributed by atoms with E-state index in [1.165, 1.54) is 0 Å². The number of benzene rings is 2. The Kier molecular flexibility index (Phi) is 3.27. The number of hydrogen-bond donors (Lipinski definition) is 1. The van der Waals surface area contributed by atoms with Gasteiger partial charge >= 0.3 is 0 Å². The Morgan fingerprint density at radius 1 is 1.12 bits per heavy atom. The zero-order valence-electron chi connectivity index (χ0n) is 9.26. The molecule has 0 fully saturated rings. The van der Waals surface area contributed by atoms with Crippen LogP contribution in [0.2, 0.25) is 0 Å². The molecule has 0 saturated heterocycles. The molecule has 2 aromatic rings. The van der Waals surface area contributed by atoms with Gasteiger partial charge in [0.2, 0.25) is 0 Å². The molecule has 0 spiro atoms. The third-order valence-electron chi connectivity index (χ3n) is 2.35. The maximum Gasteiger partial charge on any atom is 0.121 e. The third kappa shape index (κ3) is 2.99. The fourth-order valence-corrected chi connectivity index (χ4v) is 1.45. The van der Waals surface area contributed by atoms with Crippen molar-refractivity contribution >= 4 is 5.69 Å². The summed E-state index contributed by atoms with van der Waals surface area (Å²) in [6.45, 7) is 0.467. The van der Waals surface area contributed by atoms with Gasteiger partial charge in [-0.15, -0.1) is 0 Å². The SMILES string of the molecule is N#Cc1ccc(COc2cccc(N)c2)cc1. The summed E-state index contributed by atoms with van der Waals surface area (Å²) in [5, 5.41) is 8.67. The predicted molar refractivity (Wildman–Crippen MR) is 66.3 cm³/mol. The minimum atomic E-state index is 0.467. The van der Waals surface area contributed by atoms with E-state index in [4.69, 9.17) is 15.7 Å². The first-order valence-corrected chi connectivity index (χ1v) is 5.25. The third-order valence-corrected chi connectivity index (χ3v) is 2.35. The number of nitrogens with zero attached hydrogens (tertiary/aromatic N) is 1. The Morgan fingerprint density at radius 2 is 1.88 bits per heavy atom. The molecule has 17 heavy (non-hydrogen) atoms. The van der Waals surface area contributed by atoms with Gasteiger partial charge in [-0.3, -0.25) is 0 Å². The van der Waals surface area contributed by atoms with Crippen LogP contribution in [0.5, 0.6) is 5.75 Å². The number of nitrogen functional groups attached to an aromatic ring is 1. The molecule has 0 bridgehead atoms. The zero-order chi connectivity index (χ0) is 12.1. The fraction of sp³-hybridized carbons (Fsp3) is 0.0714. The second-order valence-electron chi connectivity index (χ2n) is 3.67. The molecule has 0 aromatic heterocycles. The molecule has 0 atom stereocenters. The minimum Gasteiger partial charge on any atom is -0.489 e. The summed E-state index contributed by atoms with van der Waals surface area (Å²) in [5.74, 6) is 0.745. The van der Waals surface area contributed by atoms with Crippen molar-refractivity contribution in [2.75, 3.05) is 5.73 Å². The summed E-state index contributed by atoms with van der Waals surface area (Å²) in [6, 6.07) is 16.7. The highest BCUT2D eigenvalue weighted by Gasteiger charge is 1.97. The molecule has 2 aromatic carbocycles. The van der Waals surface area contributed by atoms with Crippen LogP contribution in [0.4, 0.5) is 5.69 Å². The van der Waals surface area contributed by atoms with Crippen molar-refractivity contribution in [3.05, 3.63) is 59.7 Å². The topological polar surface area (TPSA) is 59.0 Å². The normalized spacial score (nSPS) is 9.59. The van der Waals surface area contributed by atoms with Crippen LogP contribution in [0.1, 0.15) is 11.1 Å². The van der Waals surface area contributed by atoms with E-state index in [2.05, 4.69) is 6.07 Å². The average Bonchev–Trinajstić information content (AvgIpc) is 2.37. The number of hydrogen-bond acceptors (Lipinski definition) is 3. The monoisotopic (exact) mass is 224 g/mol. The highest BCUT2D eigenvalue weighted by Crippen LogP contribution is 2.16. The van der Waals surface area contributed by atoms with E-state index in [1.807, 2.05) is 30.3 Å². The lowest BCUT2D eigenvalue weighted by molar-refractivity contribution is 0.306. The van der Waals surface area contributed by atoms with E-state index < -0.39 is 0 Å². The molecule has 0 saturated carbocycles. The number of anilines is 1. The Labute approximate surface area is 100 Å². The van der Waals surface area contributed by atoms with E-state index in [1.54, 1.807) is 18.2 Å². The van der Waals surface area contributed by atoms with Gasteiger partial charge in [-0.1, -0.05) is 18.2 Å². The van der Waals surface area contributed by atoms with Crippen molar-refractivity contribution in [2.45, 2.75) is 6.61 Å². The van der Waals surface area contributed by atoms with Gasteiger partial charge in [-0.05, 0) is 29.8 Å². The largest absolute Gasteiger partial charge is 0.489 e. The van der Waals surface area contributed by atoms with Gasteiger partial charge in [-0.25, -0.2) is 0 Å². The lowest BCUT2D eigenvalue weighted by atomic mass is 10.2. The van der Waals surface area contributed by atoms with Crippen molar-refractivity contribution < 1.29 is 4.74 Å². The van der Waals surface area contributed by atoms with E-state index in [9.17, 15) is 0 Å². The van der Waals surface area contributed by atoms with E-state index >= 15 is 0 Å². The molecular weight excluding hydrogens is 212 g/mol. The summed E-state index contributed by atoms with van der Waals surface area (Å²) in [5.41, 5.74) is 8.00. The molecule has 0 aliphatic heterocycles. The number of nitriles is 1. The van der Waals surface area contributed by atoms with E-state index in [-0.39, 0.29) is 0 Å². The van der Waals surface area contributed by atoms with Crippen LogP contribution in [0.25, 0.3) is 0 Å². The van der Waals surface area contributed by atoms with Crippen molar-refractivity contribution in [1.29, 1.82) is 5.26 Å². The Bertz CT molecular complexity index is 541. The molecular formula is C14H12N2O. The number of ether oxygens (including phenoxy) is 1. The van der Waals surface area contributed by atoms with Crippen LogP contribution in [-0.4, -0.2) is 0 Å². The van der Waals surface area contributed by atoms with Crippen LogP contribution in [0.15, 0.2) is 48.5 Å². The smallest absolute Gasteiger partial charge is 0.121 e. The van der Waals surface area contributed by atoms with E-state index in [0.717, 1.165) is 11.3 Å². The molecule has 84 valence electrons. The van der Waals surface area contributed by atoms with Crippen LogP contribution in [0.3, 0.4) is 0 Å². The van der Waals surface area contributed by atoms with Crippen LogP contribution < -0.4 is 10.5 Å². The minimum absolute atomic E-state index is 0.467. The van der Waals surface area contributed by atoms with Gasteiger partial charge in [0.1, 0.15) is 12.4 Å². The molecule has 2 rings (SSSR count). The fourth-order valence-electron chi connectivity index (χ4n) is 1.45. The summed E-state index contributed by atoms with van der Waals surface area (Å²) in [4.78, 5) is 0. The summed E-state index contributed by atoms with van der Waals surface area (Å²) < 4.78 is 5.58. The molecule has 0 heterocycles. The van der Waals surface area contributed by atoms with Crippen LogP contribution in [-0.2, 0) is 6.61 Å². The average molecular weight is 224 g/mol. The summed E-state index contributed by atoms with van der Waals surface area (Å²) in [6.07, 6.45) is 0. The van der Waals surface area contributed by atoms with Gasteiger partial charge < -0.3 is 10.5 Å². The molecule has 0 unspecified atom stereocenters. The second kappa shape index (κ2) is 5.04. The first kappa shape index (κ1) is 11.0. The van der Waals surface area contributed by atoms with Crippen molar-refractivity contribution in [3.63, 3.8) is 0 Å². The molecule has 2 N–H and O–H groups in total. The number of rotatable bonds is 3. The first-order chi connectivity index (χ1) is 8.28. The van der Waals surface area contributed by atoms with Crippen LogP contribution >= 0.6 is 0 Å².